The molecule has 0 atom stereocenters. The van der Waals surface area contributed by atoms with Crippen molar-refractivity contribution in [2.24, 2.45) is 0 Å². The number of rotatable bonds is 3. The molecule has 2 rings (SSSR count). The second-order valence-electron chi connectivity index (χ2n) is 4.36. The second kappa shape index (κ2) is 5.66. The predicted octanol–water partition coefficient (Wildman–Crippen LogP) is 3.43. The van der Waals surface area contributed by atoms with Crippen LogP contribution in [0, 0.1) is 28.7 Å². The molecule has 0 radical (unpaired) electrons. The Morgan fingerprint density at radius 2 is 1.71 bits per heavy atom. The van der Waals surface area contributed by atoms with Crippen LogP contribution < -0.4 is 5.32 Å². The molecule has 0 heterocycles. The van der Waals surface area contributed by atoms with Gasteiger partial charge in [0.05, 0.1) is 11.0 Å². The lowest BCUT2D eigenvalue weighted by molar-refractivity contribution is -0.384. The highest BCUT2D eigenvalue weighted by molar-refractivity contribution is 6.05. The number of hydrogen-bond donors (Lipinski definition) is 1. The summed E-state index contributed by atoms with van der Waals surface area (Å²) in [6.45, 7) is 1.84. The lowest BCUT2D eigenvalue weighted by Crippen LogP contribution is -2.13. The Kier molecular flexibility index (Phi) is 3.93. The molecule has 0 saturated heterocycles. The van der Waals surface area contributed by atoms with Gasteiger partial charge >= 0.3 is 0 Å². The fourth-order valence-electron chi connectivity index (χ4n) is 1.69. The smallest absolute Gasteiger partial charge is 0.295 e. The maximum Gasteiger partial charge on any atom is 0.295 e. The number of amides is 1. The highest BCUT2D eigenvalue weighted by Crippen LogP contribution is 2.27. The molecule has 5 nitrogen and oxygen atoms in total. The zero-order valence-corrected chi connectivity index (χ0v) is 10.9. The molecule has 1 amide bonds. The second-order valence-corrected chi connectivity index (χ2v) is 4.36. The molecule has 7 heteroatoms. The van der Waals surface area contributed by atoms with E-state index in [0.717, 1.165) is 5.56 Å². The summed E-state index contributed by atoms with van der Waals surface area (Å²) in [6.07, 6.45) is 0. The van der Waals surface area contributed by atoms with Crippen molar-refractivity contribution >= 4 is 17.3 Å². The number of nitrogens with one attached hydrogen (secondary N) is 1. The van der Waals surface area contributed by atoms with E-state index in [1.165, 1.54) is 12.1 Å². The van der Waals surface area contributed by atoms with Gasteiger partial charge in [0.1, 0.15) is 5.69 Å². The van der Waals surface area contributed by atoms with Crippen molar-refractivity contribution in [2.45, 2.75) is 6.92 Å². The van der Waals surface area contributed by atoms with Crippen LogP contribution in [0.25, 0.3) is 0 Å². The summed E-state index contributed by atoms with van der Waals surface area (Å²) in [6, 6.07) is 7.44. The molecule has 0 aliphatic heterocycles. The van der Waals surface area contributed by atoms with Crippen molar-refractivity contribution in [3.05, 3.63) is 69.3 Å². The third-order valence-electron chi connectivity index (χ3n) is 2.80. The number of nitrogens with zero attached hydrogens (tertiary/aromatic N) is 1. The summed E-state index contributed by atoms with van der Waals surface area (Å²) in [5.41, 5.74) is 0.0730. The number of carbonyl (C=O) groups is 1. The number of nitro groups is 1. The summed E-state index contributed by atoms with van der Waals surface area (Å²) < 4.78 is 26.2. The molecular formula is C14H10F2N2O3. The van der Waals surface area contributed by atoms with Crippen LogP contribution in [0.15, 0.2) is 36.4 Å². The number of hydrogen-bond acceptors (Lipinski definition) is 3. The van der Waals surface area contributed by atoms with E-state index in [4.69, 9.17) is 0 Å². The zero-order valence-electron chi connectivity index (χ0n) is 10.9. The van der Waals surface area contributed by atoms with Crippen molar-refractivity contribution in [1.82, 2.24) is 0 Å². The van der Waals surface area contributed by atoms with Gasteiger partial charge in [-0.25, -0.2) is 8.78 Å². The van der Waals surface area contributed by atoms with Gasteiger partial charge in [0.15, 0.2) is 11.6 Å². The molecule has 0 fully saturated rings. The van der Waals surface area contributed by atoms with Gasteiger partial charge in [-0.05, 0) is 19.1 Å². The molecule has 0 aromatic heterocycles. The zero-order chi connectivity index (χ0) is 15.6. The first-order chi connectivity index (χ1) is 9.88. The number of halogens is 2. The van der Waals surface area contributed by atoms with Crippen LogP contribution in [0.3, 0.4) is 0 Å². The van der Waals surface area contributed by atoms with Crippen LogP contribution in [0.2, 0.25) is 0 Å². The topological polar surface area (TPSA) is 72.2 Å². The molecule has 0 aliphatic carbocycles. The highest BCUT2D eigenvalue weighted by atomic mass is 19.2. The van der Waals surface area contributed by atoms with Gasteiger partial charge in [0, 0.05) is 11.6 Å². The number of carbonyl (C=O) groups excluding carboxylic acids is 1. The Labute approximate surface area is 118 Å². The molecule has 0 saturated carbocycles. The van der Waals surface area contributed by atoms with Gasteiger partial charge in [-0.1, -0.05) is 17.7 Å². The number of nitro benzene ring substituents is 1. The van der Waals surface area contributed by atoms with Gasteiger partial charge in [-0.2, -0.15) is 0 Å². The third kappa shape index (κ3) is 3.19. The van der Waals surface area contributed by atoms with E-state index in [-0.39, 0.29) is 5.56 Å². The molecule has 1 N–H and O–H groups in total. The van der Waals surface area contributed by atoms with Crippen molar-refractivity contribution in [2.75, 3.05) is 5.32 Å². The molecule has 0 bridgehead atoms. The van der Waals surface area contributed by atoms with E-state index < -0.39 is 33.8 Å². The fraction of sp³-hybridized carbons (Fsp3) is 0.0714. The van der Waals surface area contributed by atoms with Gasteiger partial charge < -0.3 is 5.32 Å². The van der Waals surface area contributed by atoms with Crippen LogP contribution >= 0.6 is 0 Å². The molecule has 21 heavy (non-hydrogen) atoms. The van der Waals surface area contributed by atoms with Crippen LogP contribution in [0.1, 0.15) is 15.9 Å². The standard InChI is InChI=1S/C14H10F2N2O3/c1-8-2-4-9(5-3-8)14(19)17-12-6-10(15)11(16)7-13(12)18(20)21/h2-7H,1H3,(H,17,19). The summed E-state index contributed by atoms with van der Waals surface area (Å²) in [5, 5.41) is 13.0. The molecule has 2 aromatic rings. The van der Waals surface area contributed by atoms with Crippen LogP contribution in [0.5, 0.6) is 0 Å². The van der Waals surface area contributed by atoms with Gasteiger partial charge in [-0.3, -0.25) is 14.9 Å². The molecule has 2 aromatic carbocycles. The molecular weight excluding hydrogens is 282 g/mol. The molecule has 0 spiro atoms. The minimum Gasteiger partial charge on any atom is -0.316 e. The van der Waals surface area contributed by atoms with Gasteiger partial charge in [0.2, 0.25) is 0 Å². The van der Waals surface area contributed by atoms with E-state index in [1.54, 1.807) is 12.1 Å². The third-order valence-corrected chi connectivity index (χ3v) is 2.80. The van der Waals surface area contributed by atoms with Crippen molar-refractivity contribution < 1.29 is 18.5 Å². The average molecular weight is 292 g/mol. The maximum atomic E-state index is 13.2. The van der Waals surface area contributed by atoms with E-state index in [9.17, 15) is 23.7 Å². The highest BCUT2D eigenvalue weighted by Gasteiger charge is 2.20. The first-order valence-corrected chi connectivity index (χ1v) is 5.90. The van der Waals surface area contributed by atoms with Crippen molar-refractivity contribution in [1.29, 1.82) is 0 Å². The largest absolute Gasteiger partial charge is 0.316 e. The Morgan fingerprint density at radius 1 is 1.14 bits per heavy atom. The van der Waals surface area contributed by atoms with Crippen LogP contribution in [-0.2, 0) is 0 Å². The minimum atomic E-state index is -1.35. The monoisotopic (exact) mass is 292 g/mol. The Morgan fingerprint density at radius 3 is 2.29 bits per heavy atom. The number of anilines is 1. The molecule has 0 aliphatic rings. The Bertz CT molecular complexity index is 715. The van der Waals surface area contributed by atoms with E-state index in [0.29, 0.717) is 12.1 Å². The Hall–Kier alpha value is -2.83. The maximum absolute atomic E-state index is 13.2. The minimum absolute atomic E-state index is 0.250. The Balaban J connectivity index is 2.34. The predicted molar refractivity (Wildman–Crippen MR) is 72.1 cm³/mol. The van der Waals surface area contributed by atoms with Crippen molar-refractivity contribution in [3.63, 3.8) is 0 Å². The first-order valence-electron chi connectivity index (χ1n) is 5.90. The molecule has 0 unspecified atom stereocenters. The average Bonchev–Trinajstić information content (AvgIpc) is 2.43. The SMILES string of the molecule is Cc1ccc(C(=O)Nc2cc(F)c(F)cc2[N+](=O)[O-])cc1. The quantitative estimate of drug-likeness (QED) is 0.695. The number of aryl methyl sites for hydroxylation is 1. The van der Waals surface area contributed by atoms with E-state index in [1.807, 2.05) is 6.92 Å². The summed E-state index contributed by atoms with van der Waals surface area (Å²) in [4.78, 5) is 21.9. The lowest BCUT2D eigenvalue weighted by atomic mass is 10.1. The van der Waals surface area contributed by atoms with E-state index >= 15 is 0 Å². The summed E-state index contributed by atoms with van der Waals surface area (Å²) in [7, 11) is 0. The summed E-state index contributed by atoms with van der Waals surface area (Å²) >= 11 is 0. The normalized spacial score (nSPS) is 10.2. The fourth-order valence-corrected chi connectivity index (χ4v) is 1.69. The first kappa shape index (κ1) is 14.6. The molecule has 108 valence electrons. The van der Waals surface area contributed by atoms with Crippen LogP contribution in [-0.4, -0.2) is 10.8 Å². The van der Waals surface area contributed by atoms with Crippen molar-refractivity contribution in [3.8, 4) is 0 Å². The number of benzene rings is 2. The van der Waals surface area contributed by atoms with E-state index in [2.05, 4.69) is 5.32 Å². The lowest BCUT2D eigenvalue weighted by Gasteiger charge is -2.07. The summed E-state index contributed by atoms with van der Waals surface area (Å²) in [5.74, 6) is -3.28. The van der Waals surface area contributed by atoms with Crippen LogP contribution in [0.4, 0.5) is 20.2 Å². The van der Waals surface area contributed by atoms with Gasteiger partial charge in [0.25, 0.3) is 11.6 Å². The van der Waals surface area contributed by atoms with Gasteiger partial charge in [-0.15, -0.1) is 0 Å².